The Bertz CT molecular complexity index is 581. The molecule has 0 bridgehead atoms. The molecule has 1 aromatic carbocycles. The molecule has 0 unspecified atom stereocenters. The van der Waals surface area contributed by atoms with Crippen molar-refractivity contribution >= 4 is 11.6 Å². The van der Waals surface area contributed by atoms with Gasteiger partial charge < -0.3 is 11.5 Å². The average molecular weight is 254 g/mol. The number of nitrogen functional groups attached to an aromatic ring is 2. The highest BCUT2D eigenvalue weighted by Gasteiger charge is 2.34. The Hall–Kier alpha value is -2.31. The summed E-state index contributed by atoms with van der Waals surface area (Å²) in [5.74, 6) is -0.0764. The summed E-state index contributed by atoms with van der Waals surface area (Å²) in [5, 5.41) is 0. The lowest BCUT2D eigenvalue weighted by molar-refractivity contribution is -0.137. The molecule has 0 aliphatic carbocycles. The molecule has 0 amide bonds. The fourth-order valence-electron chi connectivity index (χ4n) is 1.56. The van der Waals surface area contributed by atoms with Crippen LogP contribution in [0, 0.1) is 0 Å². The first-order valence-electron chi connectivity index (χ1n) is 4.94. The number of hydrogen-bond donors (Lipinski definition) is 2. The first-order valence-corrected chi connectivity index (χ1v) is 4.94. The third kappa shape index (κ3) is 2.20. The lowest BCUT2D eigenvalue weighted by Gasteiger charge is -2.13. The van der Waals surface area contributed by atoms with Gasteiger partial charge in [-0.1, -0.05) is 18.2 Å². The number of rotatable bonds is 1. The van der Waals surface area contributed by atoms with Crippen LogP contribution in [0.4, 0.5) is 24.8 Å². The van der Waals surface area contributed by atoms with Gasteiger partial charge in [0, 0.05) is 5.56 Å². The summed E-state index contributed by atoms with van der Waals surface area (Å²) in [4.78, 5) is 7.51. The molecule has 0 atom stereocenters. The molecule has 0 spiro atoms. The predicted molar refractivity (Wildman–Crippen MR) is 61.3 cm³/mol. The van der Waals surface area contributed by atoms with E-state index in [1.165, 1.54) is 24.4 Å². The van der Waals surface area contributed by atoms with Crippen LogP contribution in [-0.2, 0) is 6.18 Å². The molecule has 1 aromatic heterocycles. The standard InChI is InChI=1S/C11H9F3N4/c12-11(13,14)7-4-2-1-3-6(7)9-10(16)18-8(15)5-17-9/h1-5H,(H4,15,16,18). The van der Waals surface area contributed by atoms with E-state index >= 15 is 0 Å². The van der Waals surface area contributed by atoms with Gasteiger partial charge in [0.2, 0.25) is 0 Å². The number of nitrogens with two attached hydrogens (primary N) is 2. The zero-order valence-corrected chi connectivity index (χ0v) is 9.07. The Labute approximate surface area is 100 Å². The van der Waals surface area contributed by atoms with Crippen LogP contribution >= 0.6 is 0 Å². The largest absolute Gasteiger partial charge is 0.417 e. The molecule has 1 heterocycles. The second-order valence-corrected chi connectivity index (χ2v) is 3.57. The lowest BCUT2D eigenvalue weighted by Crippen LogP contribution is -2.09. The van der Waals surface area contributed by atoms with Gasteiger partial charge in [-0.05, 0) is 6.07 Å². The van der Waals surface area contributed by atoms with Gasteiger partial charge in [0.05, 0.1) is 11.8 Å². The Kier molecular flexibility index (Phi) is 2.82. The molecule has 0 radical (unpaired) electrons. The van der Waals surface area contributed by atoms with E-state index in [1.807, 2.05) is 0 Å². The SMILES string of the molecule is Nc1cnc(-c2ccccc2C(F)(F)F)c(N)n1. The van der Waals surface area contributed by atoms with Crippen molar-refractivity contribution in [3.05, 3.63) is 36.0 Å². The van der Waals surface area contributed by atoms with Crippen LogP contribution in [0.15, 0.2) is 30.5 Å². The van der Waals surface area contributed by atoms with E-state index in [0.717, 1.165) is 6.07 Å². The van der Waals surface area contributed by atoms with Crippen LogP contribution in [0.2, 0.25) is 0 Å². The van der Waals surface area contributed by atoms with Gasteiger partial charge in [0.15, 0.2) is 5.82 Å². The van der Waals surface area contributed by atoms with Crippen molar-refractivity contribution in [1.29, 1.82) is 0 Å². The molecule has 0 saturated heterocycles. The molecule has 2 rings (SSSR count). The first-order chi connectivity index (χ1) is 8.39. The molecule has 94 valence electrons. The van der Waals surface area contributed by atoms with Crippen molar-refractivity contribution in [2.45, 2.75) is 6.18 Å². The van der Waals surface area contributed by atoms with E-state index in [4.69, 9.17) is 11.5 Å². The highest BCUT2D eigenvalue weighted by Crippen LogP contribution is 2.37. The molecule has 0 aliphatic heterocycles. The van der Waals surface area contributed by atoms with E-state index in [0.29, 0.717) is 0 Å². The van der Waals surface area contributed by atoms with Gasteiger partial charge in [-0.15, -0.1) is 0 Å². The van der Waals surface area contributed by atoms with Crippen molar-refractivity contribution in [2.24, 2.45) is 0 Å². The van der Waals surface area contributed by atoms with Gasteiger partial charge >= 0.3 is 6.18 Å². The Morgan fingerprint density at radius 2 is 1.72 bits per heavy atom. The fraction of sp³-hybridized carbons (Fsp3) is 0.0909. The highest BCUT2D eigenvalue weighted by atomic mass is 19.4. The summed E-state index contributed by atoms with van der Waals surface area (Å²) in [6.45, 7) is 0. The van der Waals surface area contributed by atoms with Crippen LogP contribution in [0.3, 0.4) is 0 Å². The minimum Gasteiger partial charge on any atom is -0.382 e. The van der Waals surface area contributed by atoms with Gasteiger partial charge in [0.1, 0.15) is 11.5 Å². The number of nitrogens with zero attached hydrogens (tertiary/aromatic N) is 2. The summed E-state index contributed by atoms with van der Waals surface area (Å²) in [6.07, 6.45) is -3.31. The maximum atomic E-state index is 12.8. The van der Waals surface area contributed by atoms with Crippen LogP contribution in [0.5, 0.6) is 0 Å². The average Bonchev–Trinajstić information content (AvgIpc) is 2.28. The Morgan fingerprint density at radius 3 is 2.33 bits per heavy atom. The van der Waals surface area contributed by atoms with Gasteiger partial charge in [-0.2, -0.15) is 13.2 Å². The molecule has 0 aliphatic rings. The molecular formula is C11H9F3N4. The van der Waals surface area contributed by atoms with Crippen LogP contribution in [0.1, 0.15) is 5.56 Å². The number of alkyl halides is 3. The quantitative estimate of drug-likeness (QED) is 0.818. The normalized spacial score (nSPS) is 11.5. The maximum absolute atomic E-state index is 12.8. The minimum absolute atomic E-state index is 0.0304. The lowest BCUT2D eigenvalue weighted by atomic mass is 10.0. The third-order valence-electron chi connectivity index (χ3n) is 2.31. The summed E-state index contributed by atoms with van der Waals surface area (Å²) < 4.78 is 38.5. The fourth-order valence-corrected chi connectivity index (χ4v) is 1.56. The number of benzene rings is 1. The number of anilines is 2. The third-order valence-corrected chi connectivity index (χ3v) is 2.31. The number of aromatic nitrogens is 2. The topological polar surface area (TPSA) is 77.8 Å². The van der Waals surface area contributed by atoms with Crippen molar-refractivity contribution in [2.75, 3.05) is 11.5 Å². The predicted octanol–water partition coefficient (Wildman–Crippen LogP) is 2.33. The summed E-state index contributed by atoms with van der Waals surface area (Å²) in [7, 11) is 0. The van der Waals surface area contributed by atoms with Crippen LogP contribution < -0.4 is 11.5 Å². The highest BCUT2D eigenvalue weighted by molar-refractivity contribution is 5.73. The maximum Gasteiger partial charge on any atom is 0.417 e. The molecule has 2 aromatic rings. The minimum atomic E-state index is -4.48. The first kappa shape index (κ1) is 12.2. The smallest absolute Gasteiger partial charge is 0.382 e. The van der Waals surface area contributed by atoms with E-state index in [-0.39, 0.29) is 22.9 Å². The summed E-state index contributed by atoms with van der Waals surface area (Å²) in [5.41, 5.74) is 9.94. The summed E-state index contributed by atoms with van der Waals surface area (Å²) >= 11 is 0. The second kappa shape index (κ2) is 4.17. The van der Waals surface area contributed by atoms with Crippen LogP contribution in [0.25, 0.3) is 11.3 Å². The van der Waals surface area contributed by atoms with Crippen LogP contribution in [-0.4, -0.2) is 9.97 Å². The summed E-state index contributed by atoms with van der Waals surface area (Å²) in [6, 6.07) is 5.03. The molecule has 4 nitrogen and oxygen atoms in total. The second-order valence-electron chi connectivity index (χ2n) is 3.57. The molecule has 0 saturated carbocycles. The molecule has 18 heavy (non-hydrogen) atoms. The van der Waals surface area contributed by atoms with E-state index in [2.05, 4.69) is 9.97 Å². The van der Waals surface area contributed by atoms with Crippen molar-refractivity contribution in [3.63, 3.8) is 0 Å². The monoisotopic (exact) mass is 254 g/mol. The molecule has 7 heteroatoms. The molecule has 0 fully saturated rings. The Morgan fingerprint density at radius 1 is 1.06 bits per heavy atom. The van der Waals surface area contributed by atoms with Gasteiger partial charge in [-0.25, -0.2) is 9.97 Å². The van der Waals surface area contributed by atoms with E-state index in [1.54, 1.807) is 0 Å². The zero-order valence-electron chi connectivity index (χ0n) is 9.07. The Balaban J connectivity index is 2.64. The number of halogens is 3. The molecular weight excluding hydrogens is 245 g/mol. The van der Waals surface area contributed by atoms with Gasteiger partial charge in [-0.3, -0.25) is 0 Å². The number of hydrogen-bond acceptors (Lipinski definition) is 4. The zero-order chi connectivity index (χ0) is 13.3. The molecule has 4 N–H and O–H groups in total. The van der Waals surface area contributed by atoms with Crippen molar-refractivity contribution in [3.8, 4) is 11.3 Å². The van der Waals surface area contributed by atoms with Gasteiger partial charge in [0.25, 0.3) is 0 Å². The van der Waals surface area contributed by atoms with Crippen molar-refractivity contribution in [1.82, 2.24) is 9.97 Å². The van der Waals surface area contributed by atoms with E-state index in [9.17, 15) is 13.2 Å². The van der Waals surface area contributed by atoms with Crippen molar-refractivity contribution < 1.29 is 13.2 Å². The van der Waals surface area contributed by atoms with E-state index < -0.39 is 11.7 Å².